The number of hydrogen-bond acceptors (Lipinski definition) is 2. The molecule has 19 heavy (non-hydrogen) atoms. The van der Waals surface area contributed by atoms with Crippen molar-refractivity contribution in [1.29, 1.82) is 0 Å². The number of benzene rings is 1. The fourth-order valence-corrected chi connectivity index (χ4v) is 3.60. The van der Waals surface area contributed by atoms with Crippen LogP contribution in [0.1, 0.15) is 38.2 Å². The molecular weight excluding hydrogens is 243 g/mol. The average molecular weight is 262 g/mol. The minimum absolute atomic E-state index is 0.0428. The predicted octanol–water partition coefficient (Wildman–Crippen LogP) is 3.49. The Morgan fingerprint density at radius 2 is 2.11 bits per heavy atom. The maximum atomic E-state index is 13.9. The van der Waals surface area contributed by atoms with Crippen molar-refractivity contribution in [2.24, 2.45) is 11.3 Å². The average Bonchev–Trinajstić information content (AvgIpc) is 2.66. The number of allylic oxidation sites excluding steroid dienone is 2. The Kier molecular flexibility index (Phi) is 2.90. The second-order valence-electron chi connectivity index (χ2n) is 6.10. The highest BCUT2D eigenvalue weighted by molar-refractivity contribution is 5.68. The van der Waals surface area contributed by atoms with Gasteiger partial charge in [-0.25, -0.2) is 4.39 Å². The van der Waals surface area contributed by atoms with Crippen LogP contribution in [0.5, 0.6) is 5.75 Å². The van der Waals surface area contributed by atoms with Crippen molar-refractivity contribution in [3.63, 3.8) is 0 Å². The van der Waals surface area contributed by atoms with Crippen molar-refractivity contribution in [2.75, 3.05) is 0 Å². The zero-order valence-electron chi connectivity index (χ0n) is 11.1. The second kappa shape index (κ2) is 4.34. The van der Waals surface area contributed by atoms with E-state index in [2.05, 4.69) is 13.0 Å². The molecule has 0 aromatic heterocycles. The van der Waals surface area contributed by atoms with Crippen molar-refractivity contribution < 1.29 is 14.6 Å². The van der Waals surface area contributed by atoms with Crippen molar-refractivity contribution in [2.45, 2.75) is 38.7 Å². The zero-order chi connectivity index (χ0) is 13.6. The Morgan fingerprint density at radius 1 is 1.32 bits per heavy atom. The van der Waals surface area contributed by atoms with Crippen molar-refractivity contribution in [3.8, 4) is 5.75 Å². The van der Waals surface area contributed by atoms with Gasteiger partial charge in [0.05, 0.1) is 6.10 Å². The van der Waals surface area contributed by atoms with Gasteiger partial charge in [0.25, 0.3) is 0 Å². The fourth-order valence-electron chi connectivity index (χ4n) is 3.60. The maximum absolute atomic E-state index is 13.9. The molecule has 0 bridgehead atoms. The van der Waals surface area contributed by atoms with Gasteiger partial charge in [-0.1, -0.05) is 13.0 Å². The summed E-state index contributed by atoms with van der Waals surface area (Å²) in [7, 11) is 0. The third kappa shape index (κ3) is 1.96. The monoisotopic (exact) mass is 262 g/mol. The van der Waals surface area contributed by atoms with Gasteiger partial charge < -0.3 is 10.2 Å². The van der Waals surface area contributed by atoms with Crippen LogP contribution in [0.4, 0.5) is 4.39 Å². The highest BCUT2D eigenvalue weighted by atomic mass is 19.1. The van der Waals surface area contributed by atoms with E-state index in [-0.39, 0.29) is 23.1 Å². The van der Waals surface area contributed by atoms with Crippen molar-refractivity contribution in [3.05, 3.63) is 35.7 Å². The Bertz CT molecular complexity index is 538. The van der Waals surface area contributed by atoms with E-state index >= 15 is 0 Å². The summed E-state index contributed by atoms with van der Waals surface area (Å²) < 4.78 is 13.9. The number of aliphatic hydroxyl groups is 1. The van der Waals surface area contributed by atoms with Crippen LogP contribution >= 0.6 is 0 Å². The summed E-state index contributed by atoms with van der Waals surface area (Å²) in [6, 6.07) is 4.33. The third-order valence-electron chi connectivity index (χ3n) is 5.04. The summed E-state index contributed by atoms with van der Waals surface area (Å²) in [6.07, 6.45) is 5.29. The first kappa shape index (κ1) is 12.7. The smallest absolute Gasteiger partial charge is 0.134 e. The molecule has 0 saturated heterocycles. The topological polar surface area (TPSA) is 40.5 Å². The molecule has 3 rings (SSSR count). The molecule has 0 radical (unpaired) electrons. The van der Waals surface area contributed by atoms with Gasteiger partial charge in [-0.2, -0.15) is 0 Å². The maximum Gasteiger partial charge on any atom is 0.134 e. The SMILES string of the molecule is C[C@]12CC=C(c3ccc(O)cc3F)C[C@@H]1CC[C@@H]2O. The second-order valence-corrected chi connectivity index (χ2v) is 6.10. The Balaban J connectivity index is 1.92. The summed E-state index contributed by atoms with van der Waals surface area (Å²) in [5.74, 6) is 0.0166. The number of fused-ring (bicyclic) bond motifs is 1. The fraction of sp³-hybridized carbons (Fsp3) is 0.500. The van der Waals surface area contributed by atoms with Gasteiger partial charge in [0.1, 0.15) is 11.6 Å². The van der Waals surface area contributed by atoms with E-state index in [9.17, 15) is 14.6 Å². The first-order chi connectivity index (χ1) is 9.00. The molecule has 2 aliphatic rings. The van der Waals surface area contributed by atoms with Gasteiger partial charge >= 0.3 is 0 Å². The van der Waals surface area contributed by atoms with Crippen LogP contribution in [0.2, 0.25) is 0 Å². The Hall–Kier alpha value is -1.35. The summed E-state index contributed by atoms with van der Waals surface area (Å²) in [4.78, 5) is 0. The molecule has 1 aromatic carbocycles. The number of halogens is 1. The highest BCUT2D eigenvalue weighted by Gasteiger charge is 2.47. The standard InChI is InChI=1S/C16H19FO2/c1-16-7-6-10(8-11(16)2-5-15(16)19)13-4-3-12(18)9-14(13)17/h3-4,6,9,11,15,18-19H,2,5,7-8H2,1H3/t11-,15-,16-/m0/s1. The van der Waals surface area contributed by atoms with E-state index in [1.54, 1.807) is 6.07 Å². The molecule has 1 aromatic rings. The first-order valence-corrected chi connectivity index (χ1v) is 6.86. The van der Waals surface area contributed by atoms with E-state index in [0.717, 1.165) is 37.3 Å². The minimum atomic E-state index is -0.367. The van der Waals surface area contributed by atoms with Gasteiger partial charge in [-0.05, 0) is 49.3 Å². The Labute approximate surface area is 112 Å². The number of phenolic OH excluding ortho intramolecular Hbond substituents is 1. The van der Waals surface area contributed by atoms with E-state index in [1.807, 2.05) is 0 Å². The molecule has 1 fully saturated rings. The van der Waals surface area contributed by atoms with Crippen LogP contribution < -0.4 is 0 Å². The molecule has 0 unspecified atom stereocenters. The number of aliphatic hydroxyl groups excluding tert-OH is 1. The number of rotatable bonds is 1. The van der Waals surface area contributed by atoms with Crippen LogP contribution in [0.25, 0.3) is 5.57 Å². The van der Waals surface area contributed by atoms with E-state index in [1.165, 1.54) is 6.07 Å². The normalized spacial score (nSPS) is 33.9. The minimum Gasteiger partial charge on any atom is -0.508 e. The van der Waals surface area contributed by atoms with Crippen molar-refractivity contribution >= 4 is 5.57 Å². The van der Waals surface area contributed by atoms with Crippen molar-refractivity contribution in [1.82, 2.24) is 0 Å². The summed E-state index contributed by atoms with van der Waals surface area (Å²) in [5.41, 5.74) is 1.55. The molecule has 102 valence electrons. The summed E-state index contributed by atoms with van der Waals surface area (Å²) in [6.45, 7) is 2.13. The van der Waals surface area contributed by atoms with Crippen LogP contribution in [-0.4, -0.2) is 16.3 Å². The van der Waals surface area contributed by atoms with Crippen LogP contribution in [-0.2, 0) is 0 Å². The predicted molar refractivity (Wildman–Crippen MR) is 72.1 cm³/mol. The molecule has 2 aliphatic carbocycles. The highest BCUT2D eigenvalue weighted by Crippen LogP contribution is 2.53. The van der Waals surface area contributed by atoms with Gasteiger partial charge in [-0.15, -0.1) is 0 Å². The molecule has 0 aliphatic heterocycles. The summed E-state index contributed by atoms with van der Waals surface area (Å²) in [5, 5.41) is 19.4. The largest absolute Gasteiger partial charge is 0.508 e. The van der Waals surface area contributed by atoms with Gasteiger partial charge in [0.2, 0.25) is 0 Å². The molecule has 1 saturated carbocycles. The molecule has 3 heteroatoms. The number of phenols is 1. The van der Waals surface area contributed by atoms with Gasteiger partial charge in [-0.3, -0.25) is 0 Å². The van der Waals surface area contributed by atoms with Crippen LogP contribution in [0.15, 0.2) is 24.3 Å². The van der Waals surface area contributed by atoms with E-state index in [4.69, 9.17) is 0 Å². The lowest BCUT2D eigenvalue weighted by Crippen LogP contribution is -2.34. The lowest BCUT2D eigenvalue weighted by molar-refractivity contribution is 0.0400. The quantitative estimate of drug-likeness (QED) is 0.813. The zero-order valence-corrected chi connectivity index (χ0v) is 11.1. The molecule has 2 nitrogen and oxygen atoms in total. The third-order valence-corrected chi connectivity index (χ3v) is 5.04. The molecular formula is C16H19FO2. The van der Waals surface area contributed by atoms with Crippen LogP contribution in [0, 0.1) is 17.2 Å². The van der Waals surface area contributed by atoms with Crippen LogP contribution in [0.3, 0.4) is 0 Å². The molecule has 0 spiro atoms. The number of hydrogen-bond donors (Lipinski definition) is 2. The molecule has 0 heterocycles. The summed E-state index contributed by atoms with van der Waals surface area (Å²) >= 11 is 0. The lowest BCUT2D eigenvalue weighted by atomic mass is 9.68. The lowest BCUT2D eigenvalue weighted by Gasteiger charge is -2.38. The molecule has 2 N–H and O–H groups in total. The van der Waals surface area contributed by atoms with E-state index in [0.29, 0.717) is 11.5 Å². The molecule has 3 atom stereocenters. The number of aromatic hydroxyl groups is 1. The van der Waals surface area contributed by atoms with Gasteiger partial charge in [0.15, 0.2) is 0 Å². The first-order valence-electron chi connectivity index (χ1n) is 6.86. The molecule has 0 amide bonds. The van der Waals surface area contributed by atoms with E-state index < -0.39 is 0 Å². The van der Waals surface area contributed by atoms with Gasteiger partial charge in [0, 0.05) is 17.0 Å². The Morgan fingerprint density at radius 3 is 2.84 bits per heavy atom.